The highest BCUT2D eigenvalue weighted by Crippen LogP contribution is 2.32. The maximum Gasteiger partial charge on any atom is 0.337 e. The van der Waals surface area contributed by atoms with Crippen molar-refractivity contribution in [2.24, 2.45) is 0 Å². The van der Waals surface area contributed by atoms with Crippen LogP contribution in [0, 0.1) is 5.82 Å². The molecule has 0 saturated carbocycles. The van der Waals surface area contributed by atoms with Crippen LogP contribution >= 0.6 is 0 Å². The van der Waals surface area contributed by atoms with E-state index in [0.29, 0.717) is 25.3 Å². The van der Waals surface area contributed by atoms with Gasteiger partial charge in [0.05, 0.1) is 12.7 Å². The van der Waals surface area contributed by atoms with Gasteiger partial charge >= 0.3 is 5.97 Å². The van der Waals surface area contributed by atoms with Gasteiger partial charge in [0.25, 0.3) is 0 Å². The number of carbonyl (C=O) groups is 1. The Kier molecular flexibility index (Phi) is 5.46. The van der Waals surface area contributed by atoms with Crippen LogP contribution in [0.5, 0.6) is 0 Å². The van der Waals surface area contributed by atoms with Crippen LogP contribution in [0.4, 0.5) is 4.39 Å². The average Bonchev–Trinajstić information content (AvgIpc) is 2.67. The van der Waals surface area contributed by atoms with Crippen molar-refractivity contribution in [3.05, 3.63) is 71.0 Å². The Morgan fingerprint density at radius 2 is 1.92 bits per heavy atom. The van der Waals surface area contributed by atoms with E-state index < -0.39 is 0 Å². The molecular weight excluding hydrogens is 321 g/mol. The van der Waals surface area contributed by atoms with Crippen LogP contribution in [0.1, 0.15) is 34.3 Å². The number of halogens is 1. The number of ether oxygens (including phenoxy) is 2. The monoisotopic (exact) mass is 343 g/mol. The van der Waals surface area contributed by atoms with Crippen LogP contribution < -0.4 is 5.32 Å². The third kappa shape index (κ3) is 4.06. The van der Waals surface area contributed by atoms with E-state index in [-0.39, 0.29) is 17.3 Å². The summed E-state index contributed by atoms with van der Waals surface area (Å²) in [4.78, 5) is 11.7. The Balaban J connectivity index is 1.80. The Morgan fingerprint density at radius 1 is 1.20 bits per heavy atom. The van der Waals surface area contributed by atoms with Gasteiger partial charge in [-0.25, -0.2) is 9.18 Å². The molecule has 5 heteroatoms. The molecule has 0 bridgehead atoms. The number of hydrogen-bond acceptors (Lipinski definition) is 4. The standard InChI is InChI=1S/C20H22FNO3/c1-24-19(23)16-4-2-3-15(13-16)14-22-20(9-11-25-12-10-20)17-5-7-18(21)8-6-17/h2-8,13,22H,9-12,14H2,1H3. The summed E-state index contributed by atoms with van der Waals surface area (Å²) in [6.45, 7) is 1.92. The number of hydrogen-bond donors (Lipinski definition) is 1. The third-order valence-electron chi connectivity index (χ3n) is 4.72. The largest absolute Gasteiger partial charge is 0.465 e. The molecule has 3 rings (SSSR count). The molecule has 1 saturated heterocycles. The van der Waals surface area contributed by atoms with E-state index >= 15 is 0 Å². The van der Waals surface area contributed by atoms with Crippen LogP contribution in [0.2, 0.25) is 0 Å². The molecule has 0 spiro atoms. The lowest BCUT2D eigenvalue weighted by Crippen LogP contribution is -2.46. The van der Waals surface area contributed by atoms with E-state index in [2.05, 4.69) is 5.32 Å². The second-order valence-electron chi connectivity index (χ2n) is 6.25. The highest BCUT2D eigenvalue weighted by molar-refractivity contribution is 5.89. The Morgan fingerprint density at radius 3 is 2.60 bits per heavy atom. The lowest BCUT2D eigenvalue weighted by Gasteiger charge is -2.39. The first-order valence-electron chi connectivity index (χ1n) is 8.39. The van der Waals surface area contributed by atoms with Crippen LogP contribution in [0.25, 0.3) is 0 Å². The zero-order chi connectivity index (χ0) is 17.7. The molecular formula is C20H22FNO3. The summed E-state index contributed by atoms with van der Waals surface area (Å²) in [6, 6.07) is 14.0. The maximum absolute atomic E-state index is 13.3. The van der Waals surface area contributed by atoms with Crippen LogP contribution in [0.3, 0.4) is 0 Å². The van der Waals surface area contributed by atoms with E-state index in [1.54, 1.807) is 6.07 Å². The first kappa shape index (κ1) is 17.6. The van der Waals surface area contributed by atoms with Gasteiger partial charge in [-0.3, -0.25) is 0 Å². The minimum Gasteiger partial charge on any atom is -0.465 e. The van der Waals surface area contributed by atoms with Gasteiger partial charge in [0, 0.05) is 25.3 Å². The normalized spacial score (nSPS) is 16.4. The molecule has 2 aromatic carbocycles. The van der Waals surface area contributed by atoms with Gasteiger partial charge in [0.1, 0.15) is 5.82 Å². The number of nitrogens with one attached hydrogen (secondary N) is 1. The van der Waals surface area contributed by atoms with Crippen molar-refractivity contribution in [2.75, 3.05) is 20.3 Å². The first-order chi connectivity index (χ1) is 12.1. The molecule has 0 aromatic heterocycles. The second-order valence-corrected chi connectivity index (χ2v) is 6.25. The zero-order valence-electron chi connectivity index (χ0n) is 14.3. The van der Waals surface area contributed by atoms with E-state index in [1.807, 2.05) is 30.3 Å². The summed E-state index contributed by atoms with van der Waals surface area (Å²) in [5.41, 5.74) is 2.33. The van der Waals surface area contributed by atoms with Crippen LogP contribution in [-0.2, 0) is 21.6 Å². The Labute approximate surface area is 147 Å². The fourth-order valence-corrected chi connectivity index (χ4v) is 3.25. The molecule has 1 N–H and O–H groups in total. The van der Waals surface area contributed by atoms with Crippen LogP contribution in [-0.4, -0.2) is 26.3 Å². The molecule has 0 atom stereocenters. The summed E-state index contributed by atoms with van der Waals surface area (Å²) >= 11 is 0. The molecule has 1 heterocycles. The van der Waals surface area contributed by atoms with Crippen molar-refractivity contribution in [1.82, 2.24) is 5.32 Å². The predicted molar refractivity (Wildman–Crippen MR) is 92.8 cm³/mol. The zero-order valence-corrected chi connectivity index (χ0v) is 14.3. The first-order valence-corrected chi connectivity index (χ1v) is 8.39. The molecule has 0 radical (unpaired) electrons. The molecule has 0 aliphatic carbocycles. The highest BCUT2D eigenvalue weighted by atomic mass is 19.1. The summed E-state index contributed by atoms with van der Waals surface area (Å²) < 4.78 is 23.6. The fourth-order valence-electron chi connectivity index (χ4n) is 3.25. The molecule has 1 aliphatic rings. The van der Waals surface area contributed by atoms with Crippen molar-refractivity contribution in [3.63, 3.8) is 0 Å². The van der Waals surface area contributed by atoms with Crippen LogP contribution in [0.15, 0.2) is 48.5 Å². The van der Waals surface area contributed by atoms with Gasteiger partial charge in [-0.1, -0.05) is 24.3 Å². The van der Waals surface area contributed by atoms with Gasteiger partial charge in [0.15, 0.2) is 0 Å². The smallest absolute Gasteiger partial charge is 0.337 e. The number of methoxy groups -OCH3 is 1. The maximum atomic E-state index is 13.3. The minimum absolute atomic E-state index is 0.239. The molecule has 132 valence electrons. The fraction of sp³-hybridized carbons (Fsp3) is 0.350. The highest BCUT2D eigenvalue weighted by Gasteiger charge is 2.33. The molecule has 4 nitrogen and oxygen atoms in total. The van der Waals surface area contributed by atoms with E-state index in [9.17, 15) is 9.18 Å². The summed E-state index contributed by atoms with van der Waals surface area (Å²) in [7, 11) is 1.37. The lowest BCUT2D eigenvalue weighted by molar-refractivity contribution is 0.0357. The number of carbonyl (C=O) groups excluding carboxylic acids is 1. The lowest BCUT2D eigenvalue weighted by atomic mass is 9.82. The van der Waals surface area contributed by atoms with Crippen molar-refractivity contribution in [2.45, 2.75) is 24.9 Å². The van der Waals surface area contributed by atoms with Gasteiger partial charge in [0.2, 0.25) is 0 Å². The second kappa shape index (κ2) is 7.76. The molecule has 0 amide bonds. The average molecular weight is 343 g/mol. The number of esters is 1. The van der Waals surface area contributed by atoms with Gasteiger partial charge in [-0.05, 0) is 48.2 Å². The quantitative estimate of drug-likeness (QED) is 0.845. The summed E-state index contributed by atoms with van der Waals surface area (Å²) in [5, 5.41) is 3.62. The van der Waals surface area contributed by atoms with Gasteiger partial charge in [-0.15, -0.1) is 0 Å². The molecule has 25 heavy (non-hydrogen) atoms. The van der Waals surface area contributed by atoms with Crippen molar-refractivity contribution < 1.29 is 18.7 Å². The van der Waals surface area contributed by atoms with Crippen molar-refractivity contribution in [3.8, 4) is 0 Å². The van der Waals surface area contributed by atoms with E-state index in [0.717, 1.165) is 24.0 Å². The van der Waals surface area contributed by atoms with Gasteiger partial charge < -0.3 is 14.8 Å². The molecule has 2 aromatic rings. The summed E-state index contributed by atoms with van der Waals surface area (Å²) in [6.07, 6.45) is 1.63. The van der Waals surface area contributed by atoms with Crippen molar-refractivity contribution >= 4 is 5.97 Å². The number of rotatable bonds is 5. The summed E-state index contributed by atoms with van der Waals surface area (Å²) in [5.74, 6) is -0.585. The Hall–Kier alpha value is -2.24. The van der Waals surface area contributed by atoms with Gasteiger partial charge in [-0.2, -0.15) is 0 Å². The van der Waals surface area contributed by atoms with E-state index in [4.69, 9.17) is 9.47 Å². The third-order valence-corrected chi connectivity index (χ3v) is 4.72. The topological polar surface area (TPSA) is 47.6 Å². The Bertz CT molecular complexity index is 724. The minimum atomic E-state index is -0.346. The number of benzene rings is 2. The predicted octanol–water partition coefficient (Wildman–Crippen LogP) is 3.41. The van der Waals surface area contributed by atoms with Crippen molar-refractivity contribution in [1.29, 1.82) is 0 Å². The molecule has 1 aliphatic heterocycles. The SMILES string of the molecule is COC(=O)c1cccc(CNC2(c3ccc(F)cc3)CCOCC2)c1. The van der Waals surface area contributed by atoms with E-state index in [1.165, 1.54) is 19.2 Å². The molecule has 0 unspecified atom stereocenters. The molecule has 1 fully saturated rings.